The van der Waals surface area contributed by atoms with Crippen LogP contribution in [0, 0.1) is 6.92 Å². The summed E-state index contributed by atoms with van der Waals surface area (Å²) in [4.78, 5) is 25.3. The van der Waals surface area contributed by atoms with Gasteiger partial charge in [-0.1, -0.05) is 6.07 Å². The van der Waals surface area contributed by atoms with E-state index in [0.717, 1.165) is 12.0 Å². The van der Waals surface area contributed by atoms with E-state index in [2.05, 4.69) is 0 Å². The minimum atomic E-state index is -0.0675. The molecule has 1 heterocycles. The van der Waals surface area contributed by atoms with E-state index in [1.165, 1.54) is 0 Å². The van der Waals surface area contributed by atoms with E-state index in [4.69, 9.17) is 4.74 Å². The Morgan fingerprint density at radius 3 is 2.83 bits per heavy atom. The van der Waals surface area contributed by atoms with Crippen LogP contribution in [-0.2, 0) is 4.79 Å². The molecule has 0 N–H and O–H groups in total. The van der Waals surface area contributed by atoms with Crippen LogP contribution in [0.4, 0.5) is 0 Å². The smallest absolute Gasteiger partial charge is 0.223 e. The summed E-state index contributed by atoms with van der Waals surface area (Å²) >= 11 is 0. The summed E-state index contributed by atoms with van der Waals surface area (Å²) in [7, 11) is 1.55. The van der Waals surface area contributed by atoms with Crippen molar-refractivity contribution >= 4 is 11.7 Å². The first-order chi connectivity index (χ1) is 8.61. The van der Waals surface area contributed by atoms with Crippen LogP contribution in [0.25, 0.3) is 0 Å². The normalized spacial score (nSPS) is 15.0. The molecule has 0 unspecified atom stereocenters. The second-order valence-electron chi connectivity index (χ2n) is 4.55. The fourth-order valence-corrected chi connectivity index (χ4v) is 2.16. The Morgan fingerprint density at radius 1 is 1.44 bits per heavy atom. The van der Waals surface area contributed by atoms with Gasteiger partial charge in [0.1, 0.15) is 5.75 Å². The van der Waals surface area contributed by atoms with Gasteiger partial charge < -0.3 is 9.64 Å². The predicted molar refractivity (Wildman–Crippen MR) is 67.9 cm³/mol. The highest BCUT2D eigenvalue weighted by molar-refractivity contribution is 6.01. The number of carbonyl (C=O) groups excluding carboxylic acids is 2. The van der Waals surface area contributed by atoms with Gasteiger partial charge in [-0.3, -0.25) is 9.59 Å². The lowest BCUT2D eigenvalue weighted by molar-refractivity contribution is -0.127. The molecule has 0 aromatic heterocycles. The summed E-state index contributed by atoms with van der Waals surface area (Å²) in [5, 5.41) is 0. The largest absolute Gasteiger partial charge is 0.496 e. The van der Waals surface area contributed by atoms with E-state index in [9.17, 15) is 9.59 Å². The van der Waals surface area contributed by atoms with Gasteiger partial charge in [0.2, 0.25) is 5.91 Å². The number of nitrogens with zero attached hydrogens (tertiary/aromatic N) is 1. The number of ether oxygens (including phenoxy) is 1. The van der Waals surface area contributed by atoms with Crippen molar-refractivity contribution in [1.82, 2.24) is 4.90 Å². The molecule has 0 saturated carbocycles. The minimum Gasteiger partial charge on any atom is -0.496 e. The Morgan fingerprint density at radius 2 is 2.22 bits per heavy atom. The standard InChI is InChI=1S/C14H17NO3/c1-10-5-6-11(13(8-10)18-2)12(16)9-15-7-3-4-14(15)17/h5-6,8H,3-4,7,9H2,1-2H3. The quantitative estimate of drug-likeness (QED) is 0.762. The second kappa shape index (κ2) is 5.21. The molecule has 4 heteroatoms. The van der Waals surface area contributed by atoms with Gasteiger partial charge in [-0.25, -0.2) is 0 Å². The van der Waals surface area contributed by atoms with Gasteiger partial charge in [-0.15, -0.1) is 0 Å². The molecule has 1 saturated heterocycles. The fourth-order valence-electron chi connectivity index (χ4n) is 2.16. The fraction of sp³-hybridized carbons (Fsp3) is 0.429. The van der Waals surface area contributed by atoms with E-state index < -0.39 is 0 Å². The number of ketones is 1. The van der Waals surface area contributed by atoms with Crippen molar-refractivity contribution in [2.45, 2.75) is 19.8 Å². The molecule has 1 aromatic rings. The molecule has 0 atom stereocenters. The molecule has 2 rings (SSSR count). The lowest BCUT2D eigenvalue weighted by Gasteiger charge is -2.15. The van der Waals surface area contributed by atoms with E-state index >= 15 is 0 Å². The predicted octanol–water partition coefficient (Wildman–Crippen LogP) is 1.81. The molecular weight excluding hydrogens is 230 g/mol. The molecule has 4 nitrogen and oxygen atoms in total. The maximum atomic E-state index is 12.2. The number of hydrogen-bond donors (Lipinski definition) is 0. The summed E-state index contributed by atoms with van der Waals surface area (Å²) in [5.74, 6) is 0.572. The zero-order valence-corrected chi connectivity index (χ0v) is 10.7. The van der Waals surface area contributed by atoms with Gasteiger partial charge in [-0.2, -0.15) is 0 Å². The van der Waals surface area contributed by atoms with Crippen molar-refractivity contribution < 1.29 is 14.3 Å². The number of Topliss-reactive ketones (excluding diaryl/α,β-unsaturated/α-hetero) is 1. The van der Waals surface area contributed by atoms with Crippen LogP contribution in [0.2, 0.25) is 0 Å². The zero-order valence-electron chi connectivity index (χ0n) is 10.7. The van der Waals surface area contributed by atoms with Crippen molar-refractivity contribution in [2.24, 2.45) is 0 Å². The third kappa shape index (κ3) is 2.53. The van der Waals surface area contributed by atoms with E-state index in [1.807, 2.05) is 19.1 Å². The number of carbonyl (C=O) groups is 2. The van der Waals surface area contributed by atoms with Crippen molar-refractivity contribution in [3.8, 4) is 5.75 Å². The minimum absolute atomic E-state index is 0.0643. The maximum Gasteiger partial charge on any atom is 0.223 e. The van der Waals surface area contributed by atoms with Crippen LogP contribution in [0.3, 0.4) is 0 Å². The topological polar surface area (TPSA) is 46.6 Å². The first-order valence-corrected chi connectivity index (χ1v) is 6.07. The number of hydrogen-bond acceptors (Lipinski definition) is 3. The Kier molecular flexibility index (Phi) is 3.65. The molecular formula is C14H17NO3. The van der Waals surface area contributed by atoms with Crippen LogP contribution in [0.5, 0.6) is 5.75 Å². The monoisotopic (exact) mass is 247 g/mol. The molecule has 1 aliphatic heterocycles. The molecule has 18 heavy (non-hydrogen) atoms. The first kappa shape index (κ1) is 12.6. The average Bonchev–Trinajstić information content (AvgIpc) is 2.74. The van der Waals surface area contributed by atoms with Crippen LogP contribution >= 0.6 is 0 Å². The Bertz CT molecular complexity index is 482. The van der Waals surface area contributed by atoms with Crippen molar-refractivity contribution in [3.63, 3.8) is 0 Å². The highest BCUT2D eigenvalue weighted by atomic mass is 16.5. The third-order valence-corrected chi connectivity index (χ3v) is 3.16. The molecule has 1 aliphatic rings. The summed E-state index contributed by atoms with van der Waals surface area (Å²) in [5.41, 5.74) is 1.59. The maximum absolute atomic E-state index is 12.2. The Labute approximate surface area is 107 Å². The number of aryl methyl sites for hydroxylation is 1. The lowest BCUT2D eigenvalue weighted by atomic mass is 10.1. The van der Waals surface area contributed by atoms with Crippen molar-refractivity contribution in [3.05, 3.63) is 29.3 Å². The zero-order chi connectivity index (χ0) is 13.1. The summed E-state index contributed by atoms with van der Waals surface area (Å²) < 4.78 is 5.21. The molecule has 0 aliphatic carbocycles. The SMILES string of the molecule is COc1cc(C)ccc1C(=O)CN1CCCC1=O. The van der Waals surface area contributed by atoms with Crippen LogP contribution in [0.15, 0.2) is 18.2 Å². The van der Waals surface area contributed by atoms with Crippen molar-refractivity contribution in [1.29, 1.82) is 0 Å². The number of amides is 1. The second-order valence-corrected chi connectivity index (χ2v) is 4.55. The number of rotatable bonds is 4. The molecule has 0 bridgehead atoms. The Hall–Kier alpha value is -1.84. The molecule has 1 aromatic carbocycles. The van der Waals surface area contributed by atoms with Gasteiger partial charge in [0.15, 0.2) is 5.78 Å². The first-order valence-electron chi connectivity index (χ1n) is 6.07. The summed E-state index contributed by atoms with van der Waals surface area (Å²) in [6, 6.07) is 5.47. The molecule has 1 fully saturated rings. The molecule has 1 amide bonds. The summed E-state index contributed by atoms with van der Waals surface area (Å²) in [6.45, 7) is 2.78. The molecule has 0 radical (unpaired) electrons. The van der Waals surface area contributed by atoms with Gasteiger partial charge in [-0.05, 0) is 31.0 Å². The van der Waals surface area contributed by atoms with Gasteiger partial charge in [0, 0.05) is 13.0 Å². The highest BCUT2D eigenvalue weighted by Gasteiger charge is 2.24. The van der Waals surface area contributed by atoms with Crippen LogP contribution < -0.4 is 4.74 Å². The van der Waals surface area contributed by atoms with E-state index in [-0.39, 0.29) is 18.2 Å². The van der Waals surface area contributed by atoms with Gasteiger partial charge in [0.05, 0.1) is 19.2 Å². The third-order valence-electron chi connectivity index (χ3n) is 3.16. The van der Waals surface area contributed by atoms with Crippen LogP contribution in [0.1, 0.15) is 28.8 Å². The van der Waals surface area contributed by atoms with Gasteiger partial charge in [0.25, 0.3) is 0 Å². The average molecular weight is 247 g/mol. The Balaban J connectivity index is 2.15. The van der Waals surface area contributed by atoms with Gasteiger partial charge >= 0.3 is 0 Å². The molecule has 96 valence electrons. The highest BCUT2D eigenvalue weighted by Crippen LogP contribution is 2.21. The number of methoxy groups -OCH3 is 1. The molecule has 0 spiro atoms. The van der Waals surface area contributed by atoms with E-state index in [0.29, 0.717) is 24.3 Å². The van der Waals surface area contributed by atoms with Crippen LogP contribution in [-0.4, -0.2) is 36.8 Å². The summed E-state index contributed by atoms with van der Waals surface area (Å²) in [6.07, 6.45) is 1.40. The number of likely N-dealkylation sites (tertiary alicyclic amines) is 1. The van der Waals surface area contributed by atoms with E-state index in [1.54, 1.807) is 18.1 Å². The van der Waals surface area contributed by atoms with Crippen molar-refractivity contribution in [2.75, 3.05) is 20.2 Å². The number of benzene rings is 1. The lowest BCUT2D eigenvalue weighted by Crippen LogP contribution is -2.30.